The number of carboxylic acids is 2. The number of hydrogen-bond acceptors (Lipinski definition) is 3. The molecule has 78 valence electrons. The van der Waals surface area contributed by atoms with Crippen LogP contribution in [-0.4, -0.2) is 27.7 Å². The van der Waals surface area contributed by atoms with Gasteiger partial charge in [0.25, 0.3) is 0 Å². The average Bonchev–Trinajstić information content (AvgIpc) is 1.97. The van der Waals surface area contributed by atoms with E-state index in [1.807, 2.05) is 0 Å². The molecule has 2 aliphatic rings. The van der Waals surface area contributed by atoms with Crippen molar-refractivity contribution in [2.75, 3.05) is 0 Å². The van der Waals surface area contributed by atoms with Crippen LogP contribution in [0.4, 0.5) is 0 Å². The summed E-state index contributed by atoms with van der Waals surface area (Å²) in [4.78, 5) is 21.8. The molecule has 0 saturated heterocycles. The van der Waals surface area contributed by atoms with Crippen molar-refractivity contribution in [3.05, 3.63) is 0 Å². The second-order valence-electron chi connectivity index (χ2n) is 4.36. The molecule has 2 saturated carbocycles. The zero-order valence-corrected chi connectivity index (χ0v) is 7.69. The minimum Gasteiger partial charge on any atom is -0.481 e. The van der Waals surface area contributed by atoms with E-state index >= 15 is 0 Å². The standard InChI is InChI=1S/C9H13NO4/c10-9(7(13)14)4-3-8(9)2-1-5(8)6(11)12/h5H,1-4,10H2,(H,11,12)(H,13,14)/t5-,8-,9+/m1/s1. The van der Waals surface area contributed by atoms with Crippen LogP contribution in [0.25, 0.3) is 0 Å². The largest absolute Gasteiger partial charge is 0.481 e. The number of hydrogen-bond donors (Lipinski definition) is 3. The molecule has 0 radical (unpaired) electrons. The monoisotopic (exact) mass is 199 g/mol. The van der Waals surface area contributed by atoms with Crippen LogP contribution in [0.15, 0.2) is 0 Å². The Bertz CT molecular complexity index is 312. The molecule has 2 aliphatic carbocycles. The van der Waals surface area contributed by atoms with Gasteiger partial charge in [-0.15, -0.1) is 0 Å². The van der Waals surface area contributed by atoms with Crippen LogP contribution in [0.1, 0.15) is 25.7 Å². The Labute approximate surface area is 80.9 Å². The summed E-state index contributed by atoms with van der Waals surface area (Å²) in [5.41, 5.74) is 3.79. The Morgan fingerprint density at radius 2 is 1.86 bits per heavy atom. The molecule has 0 unspecified atom stereocenters. The van der Waals surface area contributed by atoms with Gasteiger partial charge in [0.15, 0.2) is 0 Å². The summed E-state index contributed by atoms with van der Waals surface area (Å²) in [6, 6.07) is 0. The molecular formula is C9H13NO4. The highest BCUT2D eigenvalue weighted by Gasteiger charge is 2.70. The summed E-state index contributed by atoms with van der Waals surface area (Å²) < 4.78 is 0. The molecule has 3 atom stereocenters. The third-order valence-electron chi connectivity index (χ3n) is 4.08. The molecule has 0 heterocycles. The first-order valence-electron chi connectivity index (χ1n) is 4.69. The maximum atomic E-state index is 11.0. The molecule has 1 spiro atoms. The van der Waals surface area contributed by atoms with Crippen molar-refractivity contribution >= 4 is 11.9 Å². The van der Waals surface area contributed by atoms with E-state index in [-0.39, 0.29) is 0 Å². The smallest absolute Gasteiger partial charge is 0.324 e. The van der Waals surface area contributed by atoms with Gasteiger partial charge in [-0.3, -0.25) is 9.59 Å². The van der Waals surface area contributed by atoms with Crippen molar-refractivity contribution in [1.82, 2.24) is 0 Å². The lowest BCUT2D eigenvalue weighted by molar-refractivity contribution is -0.191. The Balaban J connectivity index is 2.26. The second kappa shape index (κ2) is 2.48. The van der Waals surface area contributed by atoms with Gasteiger partial charge in [-0.1, -0.05) is 0 Å². The summed E-state index contributed by atoms with van der Waals surface area (Å²) in [6.45, 7) is 0. The molecule has 0 aliphatic heterocycles. The molecular weight excluding hydrogens is 186 g/mol. The van der Waals surface area contributed by atoms with E-state index in [4.69, 9.17) is 15.9 Å². The van der Waals surface area contributed by atoms with Crippen molar-refractivity contribution < 1.29 is 19.8 Å². The Morgan fingerprint density at radius 1 is 1.21 bits per heavy atom. The number of aliphatic carboxylic acids is 2. The van der Waals surface area contributed by atoms with E-state index in [2.05, 4.69) is 0 Å². The van der Waals surface area contributed by atoms with Crippen LogP contribution in [0, 0.1) is 11.3 Å². The Morgan fingerprint density at radius 3 is 2.07 bits per heavy atom. The Hall–Kier alpha value is -1.10. The maximum absolute atomic E-state index is 11.0. The van der Waals surface area contributed by atoms with Crippen LogP contribution < -0.4 is 5.73 Å². The predicted octanol–water partition coefficient (Wildman–Crippen LogP) is 0.0433. The van der Waals surface area contributed by atoms with E-state index in [1.54, 1.807) is 0 Å². The van der Waals surface area contributed by atoms with Crippen molar-refractivity contribution in [3.8, 4) is 0 Å². The third-order valence-corrected chi connectivity index (χ3v) is 4.08. The van der Waals surface area contributed by atoms with Crippen LogP contribution in [0.2, 0.25) is 0 Å². The van der Waals surface area contributed by atoms with Gasteiger partial charge in [-0.2, -0.15) is 0 Å². The van der Waals surface area contributed by atoms with Crippen LogP contribution in [0.5, 0.6) is 0 Å². The predicted molar refractivity (Wildman–Crippen MR) is 46.6 cm³/mol. The molecule has 2 rings (SSSR count). The van der Waals surface area contributed by atoms with Gasteiger partial charge >= 0.3 is 11.9 Å². The molecule has 5 heteroatoms. The summed E-state index contributed by atoms with van der Waals surface area (Å²) in [5, 5.41) is 17.9. The van der Waals surface area contributed by atoms with Gasteiger partial charge in [-0.05, 0) is 25.7 Å². The van der Waals surface area contributed by atoms with Crippen LogP contribution in [-0.2, 0) is 9.59 Å². The first-order valence-corrected chi connectivity index (χ1v) is 4.69. The second-order valence-corrected chi connectivity index (χ2v) is 4.36. The van der Waals surface area contributed by atoms with Crippen molar-refractivity contribution in [3.63, 3.8) is 0 Å². The fourth-order valence-corrected chi connectivity index (χ4v) is 2.87. The molecule has 0 bridgehead atoms. The minimum absolute atomic E-state index is 0.395. The van der Waals surface area contributed by atoms with Crippen molar-refractivity contribution in [2.45, 2.75) is 31.2 Å². The van der Waals surface area contributed by atoms with Crippen molar-refractivity contribution in [1.29, 1.82) is 0 Å². The van der Waals surface area contributed by atoms with E-state index in [9.17, 15) is 9.59 Å². The van der Waals surface area contributed by atoms with Gasteiger partial charge in [0.1, 0.15) is 5.54 Å². The van der Waals surface area contributed by atoms with E-state index in [0.29, 0.717) is 25.7 Å². The SMILES string of the molecule is N[C@]1(C(=O)O)CC[C@@]12CC[C@@H]2C(=O)O. The summed E-state index contributed by atoms with van der Waals surface area (Å²) in [7, 11) is 0. The molecule has 0 amide bonds. The quantitative estimate of drug-likeness (QED) is 0.583. The summed E-state index contributed by atoms with van der Waals surface area (Å²) in [5.74, 6) is -2.53. The zero-order valence-electron chi connectivity index (χ0n) is 7.69. The minimum atomic E-state index is -1.30. The molecule has 4 N–H and O–H groups in total. The van der Waals surface area contributed by atoms with E-state index < -0.39 is 28.8 Å². The molecule has 0 aromatic rings. The third kappa shape index (κ3) is 0.785. The van der Waals surface area contributed by atoms with Crippen LogP contribution in [0.3, 0.4) is 0 Å². The lowest BCUT2D eigenvalue weighted by atomic mass is 9.41. The first-order chi connectivity index (χ1) is 6.44. The van der Waals surface area contributed by atoms with Gasteiger partial charge in [-0.25, -0.2) is 0 Å². The number of carboxylic acid groups (broad SMARTS) is 2. The number of nitrogens with two attached hydrogens (primary N) is 1. The molecule has 2 fully saturated rings. The highest BCUT2D eigenvalue weighted by Crippen LogP contribution is 2.64. The van der Waals surface area contributed by atoms with E-state index in [1.165, 1.54) is 0 Å². The highest BCUT2D eigenvalue weighted by atomic mass is 16.4. The number of carbonyl (C=O) groups is 2. The fraction of sp³-hybridized carbons (Fsp3) is 0.778. The van der Waals surface area contributed by atoms with Crippen molar-refractivity contribution in [2.24, 2.45) is 17.1 Å². The van der Waals surface area contributed by atoms with Gasteiger partial charge < -0.3 is 15.9 Å². The number of rotatable bonds is 2. The molecule has 5 nitrogen and oxygen atoms in total. The summed E-state index contributed by atoms with van der Waals surface area (Å²) in [6.07, 6.45) is 2.22. The lowest BCUT2D eigenvalue weighted by Gasteiger charge is -2.63. The molecule has 0 aromatic heterocycles. The molecule has 14 heavy (non-hydrogen) atoms. The van der Waals surface area contributed by atoms with Gasteiger partial charge in [0, 0.05) is 5.41 Å². The van der Waals surface area contributed by atoms with Gasteiger partial charge in [0.05, 0.1) is 5.92 Å². The van der Waals surface area contributed by atoms with E-state index in [0.717, 1.165) is 0 Å². The fourth-order valence-electron chi connectivity index (χ4n) is 2.87. The maximum Gasteiger partial charge on any atom is 0.324 e. The Kier molecular flexibility index (Phi) is 1.67. The normalized spacial score (nSPS) is 45.4. The average molecular weight is 199 g/mol. The lowest BCUT2D eigenvalue weighted by Crippen LogP contribution is -2.74. The summed E-state index contributed by atoms with van der Waals surface area (Å²) >= 11 is 0. The zero-order chi connectivity index (χ0) is 10.6. The highest BCUT2D eigenvalue weighted by molar-refractivity contribution is 5.85. The first kappa shape index (κ1) is 9.45. The van der Waals surface area contributed by atoms with Gasteiger partial charge in [0.2, 0.25) is 0 Å². The van der Waals surface area contributed by atoms with Crippen LogP contribution >= 0.6 is 0 Å². The topological polar surface area (TPSA) is 101 Å². The molecule has 0 aromatic carbocycles.